The molecule has 2 N–H and O–H groups in total. The monoisotopic (exact) mass is 253 g/mol. The number of carbonyl (C=O) groups excluding carboxylic acids is 1. The normalized spacial score (nSPS) is 9.89. The Morgan fingerprint density at radius 3 is 3.00 bits per heavy atom. The molecule has 0 fully saturated rings. The van der Waals surface area contributed by atoms with Gasteiger partial charge in [-0.05, 0) is 18.6 Å². The molecular weight excluding hydrogens is 234 g/mol. The summed E-state index contributed by atoms with van der Waals surface area (Å²) in [5.74, 6) is 0.566. The van der Waals surface area contributed by atoms with Crippen LogP contribution < -0.4 is 15.4 Å². The van der Waals surface area contributed by atoms with E-state index in [0.29, 0.717) is 32.2 Å². The second-order valence-electron chi connectivity index (χ2n) is 3.54. The van der Waals surface area contributed by atoms with Gasteiger partial charge in [0.05, 0.1) is 13.2 Å². The first-order valence-electron chi connectivity index (χ1n) is 5.84. The van der Waals surface area contributed by atoms with Crippen LogP contribution in [0.15, 0.2) is 18.3 Å². The van der Waals surface area contributed by atoms with E-state index >= 15 is 0 Å². The number of pyridine rings is 1. The lowest BCUT2D eigenvalue weighted by Crippen LogP contribution is -2.36. The Morgan fingerprint density at radius 1 is 1.44 bits per heavy atom. The predicted molar refractivity (Wildman–Crippen MR) is 67.5 cm³/mol. The van der Waals surface area contributed by atoms with Crippen LogP contribution in [0.25, 0.3) is 0 Å². The molecular formula is C12H19N3O3. The van der Waals surface area contributed by atoms with Crippen molar-refractivity contribution in [1.29, 1.82) is 0 Å². The van der Waals surface area contributed by atoms with Crippen molar-refractivity contribution in [2.24, 2.45) is 0 Å². The molecule has 2 amide bonds. The van der Waals surface area contributed by atoms with Gasteiger partial charge in [-0.15, -0.1) is 0 Å². The zero-order valence-corrected chi connectivity index (χ0v) is 10.7. The number of hydrogen-bond donors (Lipinski definition) is 2. The van der Waals surface area contributed by atoms with E-state index in [-0.39, 0.29) is 6.03 Å². The number of amides is 2. The largest absolute Gasteiger partial charge is 0.478 e. The van der Waals surface area contributed by atoms with Crippen molar-refractivity contribution in [2.75, 3.05) is 26.9 Å². The molecule has 6 heteroatoms. The second kappa shape index (κ2) is 8.30. The van der Waals surface area contributed by atoms with E-state index in [2.05, 4.69) is 15.6 Å². The van der Waals surface area contributed by atoms with Crippen LogP contribution in [-0.4, -0.2) is 37.9 Å². The first kappa shape index (κ1) is 14.2. The van der Waals surface area contributed by atoms with Gasteiger partial charge in [-0.3, -0.25) is 0 Å². The fourth-order valence-corrected chi connectivity index (χ4v) is 1.30. The van der Waals surface area contributed by atoms with Gasteiger partial charge in [0.15, 0.2) is 0 Å². The van der Waals surface area contributed by atoms with Gasteiger partial charge in [-0.1, -0.05) is 0 Å². The minimum atomic E-state index is -0.221. The van der Waals surface area contributed by atoms with E-state index in [1.807, 2.05) is 13.0 Å². The van der Waals surface area contributed by atoms with Gasteiger partial charge in [0.25, 0.3) is 0 Å². The van der Waals surface area contributed by atoms with E-state index in [1.54, 1.807) is 19.4 Å². The fraction of sp³-hybridized carbons (Fsp3) is 0.500. The number of rotatable bonds is 7. The molecule has 0 unspecified atom stereocenters. The summed E-state index contributed by atoms with van der Waals surface area (Å²) in [4.78, 5) is 15.4. The van der Waals surface area contributed by atoms with E-state index < -0.39 is 0 Å². The van der Waals surface area contributed by atoms with Crippen LogP contribution in [0.5, 0.6) is 5.88 Å². The summed E-state index contributed by atoms with van der Waals surface area (Å²) in [6.07, 6.45) is 1.66. The molecule has 0 aromatic carbocycles. The average Bonchev–Trinajstić information content (AvgIpc) is 2.38. The van der Waals surface area contributed by atoms with Gasteiger partial charge in [0.2, 0.25) is 5.88 Å². The summed E-state index contributed by atoms with van der Waals surface area (Å²) in [6, 6.07) is 3.42. The maximum Gasteiger partial charge on any atom is 0.315 e. The number of hydrogen-bond acceptors (Lipinski definition) is 4. The van der Waals surface area contributed by atoms with Crippen LogP contribution in [0.4, 0.5) is 4.79 Å². The maximum atomic E-state index is 11.4. The van der Waals surface area contributed by atoms with E-state index in [9.17, 15) is 4.79 Å². The quantitative estimate of drug-likeness (QED) is 0.709. The van der Waals surface area contributed by atoms with Crippen molar-refractivity contribution in [3.05, 3.63) is 23.9 Å². The molecule has 0 saturated heterocycles. The summed E-state index contributed by atoms with van der Waals surface area (Å²) in [6.45, 7) is 3.89. The highest BCUT2D eigenvalue weighted by atomic mass is 16.5. The van der Waals surface area contributed by atoms with Gasteiger partial charge in [-0.2, -0.15) is 0 Å². The second-order valence-corrected chi connectivity index (χ2v) is 3.54. The molecule has 100 valence electrons. The molecule has 1 rings (SSSR count). The van der Waals surface area contributed by atoms with Crippen LogP contribution in [0.1, 0.15) is 12.5 Å². The molecule has 1 aromatic rings. The van der Waals surface area contributed by atoms with E-state index in [1.165, 1.54) is 0 Å². The zero-order valence-electron chi connectivity index (χ0n) is 10.7. The molecule has 1 heterocycles. The highest BCUT2D eigenvalue weighted by Gasteiger charge is 2.01. The molecule has 0 radical (unpaired) electrons. The lowest BCUT2D eigenvalue weighted by molar-refractivity contribution is 0.196. The molecule has 6 nitrogen and oxygen atoms in total. The minimum Gasteiger partial charge on any atom is -0.478 e. The molecule has 1 aromatic heterocycles. The van der Waals surface area contributed by atoms with Crippen molar-refractivity contribution in [1.82, 2.24) is 15.6 Å². The first-order chi connectivity index (χ1) is 8.76. The molecule has 0 atom stereocenters. The van der Waals surface area contributed by atoms with Crippen LogP contribution >= 0.6 is 0 Å². The Kier molecular flexibility index (Phi) is 6.56. The zero-order chi connectivity index (χ0) is 13.2. The molecule has 0 spiro atoms. The smallest absolute Gasteiger partial charge is 0.315 e. The van der Waals surface area contributed by atoms with Gasteiger partial charge in [0.1, 0.15) is 0 Å². The number of nitrogens with one attached hydrogen (secondary N) is 2. The van der Waals surface area contributed by atoms with Gasteiger partial charge in [0, 0.05) is 32.5 Å². The predicted octanol–water partition coefficient (Wildman–Crippen LogP) is 0.926. The van der Waals surface area contributed by atoms with E-state index in [4.69, 9.17) is 9.47 Å². The lowest BCUT2D eigenvalue weighted by Gasteiger charge is -2.08. The summed E-state index contributed by atoms with van der Waals surface area (Å²) in [5, 5.41) is 5.41. The van der Waals surface area contributed by atoms with Crippen molar-refractivity contribution >= 4 is 6.03 Å². The molecule has 0 saturated carbocycles. The van der Waals surface area contributed by atoms with Crippen molar-refractivity contribution in [2.45, 2.75) is 13.5 Å². The summed E-state index contributed by atoms with van der Waals surface area (Å²) in [5.41, 5.74) is 0.940. The standard InChI is InChI=1S/C12H19N3O3/c1-3-18-11-8-10(4-5-13-11)9-15-12(16)14-6-7-17-2/h4-5,8H,3,6-7,9H2,1-2H3,(H2,14,15,16). The highest BCUT2D eigenvalue weighted by Crippen LogP contribution is 2.08. The van der Waals surface area contributed by atoms with Gasteiger partial charge in [-0.25, -0.2) is 9.78 Å². The molecule has 0 aliphatic rings. The Bertz CT molecular complexity index is 371. The summed E-state index contributed by atoms with van der Waals surface area (Å²) in [7, 11) is 1.59. The Morgan fingerprint density at radius 2 is 2.28 bits per heavy atom. The molecule has 18 heavy (non-hydrogen) atoms. The maximum absolute atomic E-state index is 11.4. The Labute approximate surface area is 107 Å². The lowest BCUT2D eigenvalue weighted by atomic mass is 10.2. The number of urea groups is 1. The van der Waals surface area contributed by atoms with Crippen molar-refractivity contribution < 1.29 is 14.3 Å². The van der Waals surface area contributed by atoms with Gasteiger partial charge >= 0.3 is 6.03 Å². The number of carbonyl (C=O) groups is 1. The first-order valence-corrected chi connectivity index (χ1v) is 5.84. The molecule has 0 aliphatic carbocycles. The topological polar surface area (TPSA) is 72.5 Å². The summed E-state index contributed by atoms with van der Waals surface area (Å²) >= 11 is 0. The third-order valence-corrected chi connectivity index (χ3v) is 2.14. The number of ether oxygens (including phenoxy) is 2. The third-order valence-electron chi connectivity index (χ3n) is 2.14. The van der Waals surface area contributed by atoms with E-state index in [0.717, 1.165) is 5.56 Å². The fourth-order valence-electron chi connectivity index (χ4n) is 1.30. The number of aromatic nitrogens is 1. The van der Waals surface area contributed by atoms with Crippen LogP contribution in [-0.2, 0) is 11.3 Å². The van der Waals surface area contributed by atoms with Crippen molar-refractivity contribution in [3.8, 4) is 5.88 Å². The van der Waals surface area contributed by atoms with Crippen LogP contribution in [0.2, 0.25) is 0 Å². The SMILES string of the molecule is CCOc1cc(CNC(=O)NCCOC)ccn1. The summed E-state index contributed by atoms with van der Waals surface area (Å²) < 4.78 is 10.1. The minimum absolute atomic E-state index is 0.221. The van der Waals surface area contributed by atoms with Gasteiger partial charge < -0.3 is 20.1 Å². The average molecular weight is 253 g/mol. The van der Waals surface area contributed by atoms with Crippen LogP contribution in [0.3, 0.4) is 0 Å². The molecule has 0 bridgehead atoms. The van der Waals surface area contributed by atoms with Crippen molar-refractivity contribution in [3.63, 3.8) is 0 Å². The Hall–Kier alpha value is -1.82. The number of nitrogens with zero attached hydrogens (tertiary/aromatic N) is 1. The molecule has 0 aliphatic heterocycles. The Balaban J connectivity index is 2.33. The highest BCUT2D eigenvalue weighted by molar-refractivity contribution is 5.73. The van der Waals surface area contributed by atoms with Crippen LogP contribution in [0, 0.1) is 0 Å². The number of methoxy groups -OCH3 is 1. The third kappa shape index (κ3) is 5.49.